The number of H-pyrrole nitrogens is 1. The maximum Gasteiger partial charge on any atom is 0.329 e. The van der Waals surface area contributed by atoms with Crippen molar-refractivity contribution in [1.29, 1.82) is 0 Å². The predicted molar refractivity (Wildman–Crippen MR) is 78.2 cm³/mol. The van der Waals surface area contributed by atoms with Gasteiger partial charge >= 0.3 is 5.69 Å². The van der Waals surface area contributed by atoms with Crippen molar-refractivity contribution in [2.24, 2.45) is 7.05 Å². The molecule has 20 heavy (non-hydrogen) atoms. The highest BCUT2D eigenvalue weighted by molar-refractivity contribution is 7.99. The molecule has 0 saturated carbocycles. The highest BCUT2D eigenvalue weighted by atomic mass is 32.2. The summed E-state index contributed by atoms with van der Waals surface area (Å²) in [6.45, 7) is 4.21. The SMILES string of the molecule is C=CCn1c(SCCCO)nc2c1c(=O)[nH]c(=O)n2C. The molecule has 0 aliphatic heterocycles. The molecule has 8 heteroatoms. The first-order valence-electron chi connectivity index (χ1n) is 6.14. The number of aryl methyl sites for hydroxylation is 1. The van der Waals surface area contributed by atoms with Crippen LogP contribution in [0.25, 0.3) is 11.2 Å². The Labute approximate surface area is 119 Å². The molecule has 108 valence electrons. The molecule has 0 spiro atoms. The van der Waals surface area contributed by atoms with Gasteiger partial charge in [-0.25, -0.2) is 9.78 Å². The van der Waals surface area contributed by atoms with E-state index in [0.29, 0.717) is 35.0 Å². The minimum atomic E-state index is -0.488. The van der Waals surface area contributed by atoms with Crippen molar-refractivity contribution in [2.75, 3.05) is 12.4 Å². The van der Waals surface area contributed by atoms with Gasteiger partial charge in [-0.05, 0) is 6.42 Å². The van der Waals surface area contributed by atoms with Crippen LogP contribution in [0, 0.1) is 0 Å². The lowest BCUT2D eigenvalue weighted by molar-refractivity contribution is 0.296. The van der Waals surface area contributed by atoms with Crippen LogP contribution in [0.15, 0.2) is 27.4 Å². The molecule has 0 saturated heterocycles. The normalized spacial score (nSPS) is 11.1. The molecule has 2 heterocycles. The first-order valence-corrected chi connectivity index (χ1v) is 7.12. The van der Waals surface area contributed by atoms with Crippen LogP contribution >= 0.6 is 11.8 Å². The van der Waals surface area contributed by atoms with Crippen LogP contribution in [0.5, 0.6) is 0 Å². The number of aromatic amines is 1. The summed E-state index contributed by atoms with van der Waals surface area (Å²) < 4.78 is 3.04. The van der Waals surface area contributed by atoms with E-state index < -0.39 is 11.2 Å². The number of allylic oxidation sites excluding steroid dienone is 1. The second kappa shape index (κ2) is 6.10. The zero-order valence-corrected chi connectivity index (χ0v) is 11.9. The number of thioether (sulfide) groups is 1. The van der Waals surface area contributed by atoms with Gasteiger partial charge in [-0.15, -0.1) is 6.58 Å². The molecule has 0 bridgehead atoms. The smallest absolute Gasteiger partial charge is 0.329 e. The first kappa shape index (κ1) is 14.6. The summed E-state index contributed by atoms with van der Waals surface area (Å²) in [5, 5.41) is 9.46. The fourth-order valence-corrected chi connectivity index (χ4v) is 2.78. The van der Waals surface area contributed by atoms with E-state index >= 15 is 0 Å². The molecule has 0 radical (unpaired) electrons. The average molecular weight is 296 g/mol. The Bertz CT molecular complexity index is 743. The van der Waals surface area contributed by atoms with Gasteiger partial charge in [0.1, 0.15) is 0 Å². The lowest BCUT2D eigenvalue weighted by Crippen LogP contribution is -2.29. The largest absolute Gasteiger partial charge is 0.396 e. The molecule has 0 unspecified atom stereocenters. The Morgan fingerprint density at radius 1 is 1.50 bits per heavy atom. The molecule has 0 atom stereocenters. The highest BCUT2D eigenvalue weighted by Gasteiger charge is 2.16. The van der Waals surface area contributed by atoms with Gasteiger partial charge in [-0.2, -0.15) is 0 Å². The molecule has 2 rings (SSSR count). The van der Waals surface area contributed by atoms with Crippen molar-refractivity contribution in [2.45, 2.75) is 18.1 Å². The number of hydrogen-bond acceptors (Lipinski definition) is 5. The van der Waals surface area contributed by atoms with Gasteiger partial charge < -0.3 is 9.67 Å². The minimum Gasteiger partial charge on any atom is -0.396 e. The molecule has 2 aromatic heterocycles. The molecule has 0 fully saturated rings. The van der Waals surface area contributed by atoms with E-state index in [1.165, 1.54) is 16.3 Å². The second-order valence-electron chi connectivity index (χ2n) is 4.21. The zero-order chi connectivity index (χ0) is 14.7. The Kier molecular flexibility index (Phi) is 4.46. The number of aliphatic hydroxyl groups excluding tert-OH is 1. The van der Waals surface area contributed by atoms with E-state index in [1.54, 1.807) is 17.7 Å². The van der Waals surface area contributed by atoms with E-state index in [-0.39, 0.29) is 6.61 Å². The number of hydrogen-bond donors (Lipinski definition) is 2. The zero-order valence-electron chi connectivity index (χ0n) is 11.1. The van der Waals surface area contributed by atoms with Crippen molar-refractivity contribution in [3.8, 4) is 0 Å². The lowest BCUT2D eigenvalue weighted by atomic mass is 10.5. The van der Waals surface area contributed by atoms with Gasteiger partial charge in [0, 0.05) is 26.0 Å². The topological polar surface area (TPSA) is 92.9 Å². The molecule has 0 aliphatic rings. The fourth-order valence-electron chi connectivity index (χ4n) is 1.85. The summed E-state index contributed by atoms with van der Waals surface area (Å²) in [7, 11) is 1.56. The number of aliphatic hydroxyl groups is 1. The summed E-state index contributed by atoms with van der Waals surface area (Å²) in [5.74, 6) is 0.683. The quantitative estimate of drug-likeness (QED) is 0.447. The van der Waals surface area contributed by atoms with E-state index in [9.17, 15) is 9.59 Å². The monoisotopic (exact) mass is 296 g/mol. The number of nitrogens with one attached hydrogen (secondary N) is 1. The van der Waals surface area contributed by atoms with Crippen LogP contribution in [0.1, 0.15) is 6.42 Å². The Balaban J connectivity index is 2.63. The number of imidazole rings is 1. The number of rotatable bonds is 6. The third kappa shape index (κ3) is 2.56. The molecular weight excluding hydrogens is 280 g/mol. The van der Waals surface area contributed by atoms with E-state index in [4.69, 9.17) is 5.11 Å². The van der Waals surface area contributed by atoms with Crippen LogP contribution in [-0.2, 0) is 13.6 Å². The van der Waals surface area contributed by atoms with Crippen molar-refractivity contribution < 1.29 is 5.11 Å². The van der Waals surface area contributed by atoms with Gasteiger partial charge in [0.2, 0.25) is 0 Å². The Hall–Kier alpha value is -1.80. The predicted octanol–water partition coefficient (Wildman–Crippen LogP) is 0.0838. The summed E-state index contributed by atoms with van der Waals surface area (Å²) in [6.07, 6.45) is 2.30. The Morgan fingerprint density at radius 3 is 2.90 bits per heavy atom. The molecule has 7 nitrogen and oxygen atoms in total. The molecule has 2 aromatic rings. The summed E-state index contributed by atoms with van der Waals surface area (Å²) in [5.41, 5.74) is -0.227. The van der Waals surface area contributed by atoms with E-state index in [1.807, 2.05) is 0 Å². The first-order chi connectivity index (χ1) is 9.60. The summed E-state index contributed by atoms with van der Waals surface area (Å²) in [4.78, 5) is 30.2. The van der Waals surface area contributed by atoms with Gasteiger partial charge in [0.05, 0.1) is 0 Å². The van der Waals surface area contributed by atoms with Crippen LogP contribution < -0.4 is 11.2 Å². The number of fused-ring (bicyclic) bond motifs is 1. The highest BCUT2D eigenvalue weighted by Crippen LogP contribution is 2.21. The van der Waals surface area contributed by atoms with Gasteiger partial charge in [0.25, 0.3) is 5.56 Å². The van der Waals surface area contributed by atoms with E-state index in [0.717, 1.165) is 0 Å². The van der Waals surface area contributed by atoms with Crippen molar-refractivity contribution in [1.82, 2.24) is 19.1 Å². The van der Waals surface area contributed by atoms with Crippen LogP contribution in [0.4, 0.5) is 0 Å². The number of aromatic nitrogens is 4. The fraction of sp³-hybridized carbons (Fsp3) is 0.417. The van der Waals surface area contributed by atoms with Crippen molar-refractivity contribution >= 4 is 22.9 Å². The maximum atomic E-state index is 12.0. The average Bonchev–Trinajstić information content (AvgIpc) is 2.77. The van der Waals surface area contributed by atoms with Crippen molar-refractivity contribution in [3.63, 3.8) is 0 Å². The maximum absolute atomic E-state index is 12.0. The summed E-state index contributed by atoms with van der Waals surface area (Å²) in [6, 6.07) is 0. The minimum absolute atomic E-state index is 0.105. The summed E-state index contributed by atoms with van der Waals surface area (Å²) >= 11 is 1.44. The standard InChI is InChI=1S/C12H16N4O3S/c1-3-5-16-8-9(13-12(16)20-7-4-6-17)15(2)11(19)14-10(8)18/h3,17H,1,4-7H2,2H3,(H,14,18,19). The molecule has 0 aromatic carbocycles. The van der Waals surface area contributed by atoms with Gasteiger partial charge in [-0.3, -0.25) is 14.3 Å². The van der Waals surface area contributed by atoms with Gasteiger partial charge in [-0.1, -0.05) is 17.8 Å². The molecule has 2 N–H and O–H groups in total. The van der Waals surface area contributed by atoms with Crippen LogP contribution in [0.2, 0.25) is 0 Å². The molecule has 0 amide bonds. The van der Waals surface area contributed by atoms with Crippen LogP contribution in [0.3, 0.4) is 0 Å². The second-order valence-corrected chi connectivity index (χ2v) is 5.27. The van der Waals surface area contributed by atoms with Gasteiger partial charge in [0.15, 0.2) is 16.3 Å². The lowest BCUT2D eigenvalue weighted by Gasteiger charge is -2.04. The Morgan fingerprint density at radius 2 is 2.25 bits per heavy atom. The van der Waals surface area contributed by atoms with E-state index in [2.05, 4.69) is 16.5 Å². The number of nitrogens with zero attached hydrogens (tertiary/aromatic N) is 3. The van der Waals surface area contributed by atoms with Crippen molar-refractivity contribution in [3.05, 3.63) is 33.5 Å². The molecular formula is C12H16N4O3S. The third-order valence-electron chi connectivity index (χ3n) is 2.82. The molecule has 0 aliphatic carbocycles. The third-order valence-corrected chi connectivity index (χ3v) is 3.88. The van der Waals surface area contributed by atoms with Crippen LogP contribution in [-0.4, -0.2) is 36.6 Å².